The van der Waals surface area contributed by atoms with E-state index < -0.39 is 10.0 Å². The molecule has 2 aromatic rings. The van der Waals surface area contributed by atoms with Crippen LogP contribution in [0.1, 0.15) is 12.0 Å². The Hall–Kier alpha value is -1.41. The number of sulfonamides is 1. The lowest BCUT2D eigenvalue weighted by Gasteiger charge is -2.30. The maximum Gasteiger partial charge on any atom is 0.252 e. The molecule has 0 aliphatic carbocycles. The highest BCUT2D eigenvalue weighted by Crippen LogP contribution is 2.29. The Morgan fingerprint density at radius 3 is 2.75 bits per heavy atom. The zero-order valence-corrected chi connectivity index (χ0v) is 15.5. The van der Waals surface area contributed by atoms with Gasteiger partial charge in [-0.05, 0) is 36.6 Å². The van der Waals surface area contributed by atoms with Crippen molar-refractivity contribution in [3.8, 4) is 0 Å². The second-order valence-corrected chi connectivity index (χ2v) is 9.58. The molecule has 0 saturated carbocycles. The van der Waals surface area contributed by atoms with Gasteiger partial charge in [0.15, 0.2) is 0 Å². The first-order valence-electron chi connectivity index (χ1n) is 7.49. The Morgan fingerprint density at radius 1 is 1.29 bits per heavy atom. The van der Waals surface area contributed by atoms with E-state index in [1.807, 2.05) is 24.3 Å². The van der Waals surface area contributed by atoms with Crippen molar-refractivity contribution >= 4 is 44.6 Å². The predicted molar refractivity (Wildman–Crippen MR) is 96.3 cm³/mol. The first-order chi connectivity index (χ1) is 11.4. The molecule has 0 bridgehead atoms. The van der Waals surface area contributed by atoms with Gasteiger partial charge in [0.25, 0.3) is 10.0 Å². The van der Waals surface area contributed by atoms with Crippen molar-refractivity contribution in [2.24, 2.45) is 0 Å². The van der Waals surface area contributed by atoms with E-state index >= 15 is 0 Å². The number of para-hydroxylation sites is 1. The van der Waals surface area contributed by atoms with Crippen molar-refractivity contribution in [3.63, 3.8) is 0 Å². The van der Waals surface area contributed by atoms with Gasteiger partial charge >= 0.3 is 0 Å². The number of hydrogen-bond acceptors (Lipinski definition) is 4. The number of amides is 1. The van der Waals surface area contributed by atoms with Crippen LogP contribution in [0.2, 0.25) is 4.34 Å². The smallest absolute Gasteiger partial charge is 0.252 e. The Labute approximate surface area is 150 Å². The number of hydrogen-bond donors (Lipinski definition) is 0. The summed E-state index contributed by atoms with van der Waals surface area (Å²) in [4.78, 5) is 14.3. The van der Waals surface area contributed by atoms with Gasteiger partial charge in [-0.25, -0.2) is 8.42 Å². The lowest BCUT2D eigenvalue weighted by Crippen LogP contribution is -2.43. The number of carbonyl (C=O) groups excluding carboxylic acids is 1. The summed E-state index contributed by atoms with van der Waals surface area (Å²) in [5.74, 6) is -0.226. The molecule has 0 N–H and O–H groups in total. The largest absolute Gasteiger partial charge is 0.311 e. The standard InChI is InChI=1S/C16H17ClN2O3S2/c1-18(24(21,22)16-9-8-14(17)23-16)11-15(20)19-10-4-6-12-5-2-3-7-13(12)19/h2-3,5,7-9H,4,6,10-11H2,1H3. The minimum atomic E-state index is -3.71. The topological polar surface area (TPSA) is 57.7 Å². The van der Waals surface area contributed by atoms with E-state index in [0.717, 1.165) is 39.7 Å². The van der Waals surface area contributed by atoms with Gasteiger partial charge in [0.1, 0.15) is 4.21 Å². The second kappa shape index (κ2) is 6.84. The summed E-state index contributed by atoms with van der Waals surface area (Å²) in [5, 5.41) is 0. The molecule has 0 unspecified atom stereocenters. The molecule has 1 amide bonds. The molecule has 0 spiro atoms. The molecule has 5 nitrogen and oxygen atoms in total. The van der Waals surface area contributed by atoms with Crippen molar-refractivity contribution < 1.29 is 13.2 Å². The maximum atomic E-state index is 12.7. The highest BCUT2D eigenvalue weighted by molar-refractivity contribution is 7.91. The SMILES string of the molecule is CN(CC(=O)N1CCCc2ccccc21)S(=O)(=O)c1ccc(Cl)s1. The van der Waals surface area contributed by atoms with Crippen LogP contribution in [0.3, 0.4) is 0 Å². The molecule has 0 fully saturated rings. The van der Waals surface area contributed by atoms with Crippen molar-refractivity contribution in [2.75, 3.05) is 25.0 Å². The number of fused-ring (bicyclic) bond motifs is 1. The molecular weight excluding hydrogens is 368 g/mol. The number of halogens is 1. The zero-order chi connectivity index (χ0) is 17.3. The quantitative estimate of drug-likeness (QED) is 0.814. The number of anilines is 1. The van der Waals surface area contributed by atoms with Gasteiger partial charge in [0, 0.05) is 19.3 Å². The van der Waals surface area contributed by atoms with E-state index in [1.54, 1.807) is 4.90 Å². The minimum absolute atomic E-state index is 0.141. The van der Waals surface area contributed by atoms with Crippen LogP contribution in [-0.2, 0) is 21.2 Å². The molecule has 128 valence electrons. The van der Waals surface area contributed by atoms with Gasteiger partial charge in [-0.3, -0.25) is 4.79 Å². The van der Waals surface area contributed by atoms with E-state index in [0.29, 0.717) is 10.9 Å². The first-order valence-corrected chi connectivity index (χ1v) is 10.1. The summed E-state index contributed by atoms with van der Waals surface area (Å²) in [7, 11) is -2.30. The van der Waals surface area contributed by atoms with Crippen LogP contribution in [-0.4, -0.2) is 38.8 Å². The van der Waals surface area contributed by atoms with Crippen LogP contribution in [0.15, 0.2) is 40.6 Å². The van der Waals surface area contributed by atoms with Gasteiger partial charge in [-0.15, -0.1) is 11.3 Å². The molecule has 2 heterocycles. The average molecular weight is 385 g/mol. The molecule has 8 heteroatoms. The summed E-state index contributed by atoms with van der Waals surface area (Å²) in [6.07, 6.45) is 1.81. The summed E-state index contributed by atoms with van der Waals surface area (Å²) < 4.78 is 26.7. The number of carbonyl (C=O) groups is 1. The fraction of sp³-hybridized carbons (Fsp3) is 0.312. The Kier molecular flexibility index (Phi) is 4.96. The van der Waals surface area contributed by atoms with Crippen LogP contribution in [0.5, 0.6) is 0 Å². The van der Waals surface area contributed by atoms with Gasteiger partial charge in [-0.2, -0.15) is 4.31 Å². The normalized spacial score (nSPS) is 14.7. The van der Waals surface area contributed by atoms with Gasteiger partial charge in [0.2, 0.25) is 5.91 Å². The van der Waals surface area contributed by atoms with Crippen LogP contribution in [0.25, 0.3) is 0 Å². The molecule has 3 rings (SSSR count). The first kappa shape index (κ1) is 17.4. The minimum Gasteiger partial charge on any atom is -0.311 e. The van der Waals surface area contributed by atoms with E-state index in [9.17, 15) is 13.2 Å². The van der Waals surface area contributed by atoms with E-state index in [2.05, 4.69) is 0 Å². The molecule has 1 aromatic heterocycles. The van der Waals surface area contributed by atoms with E-state index in [-0.39, 0.29) is 16.7 Å². The average Bonchev–Trinajstić information content (AvgIpc) is 3.01. The summed E-state index contributed by atoms with van der Waals surface area (Å²) in [5.41, 5.74) is 1.99. The number of aryl methyl sites for hydroxylation is 1. The Morgan fingerprint density at radius 2 is 2.04 bits per heavy atom. The highest BCUT2D eigenvalue weighted by atomic mass is 35.5. The summed E-state index contributed by atoms with van der Waals surface area (Å²) in [6.45, 7) is 0.404. The van der Waals surface area contributed by atoms with E-state index in [4.69, 9.17) is 11.6 Å². The third-order valence-corrected chi connectivity index (χ3v) is 7.48. The number of likely N-dealkylation sites (N-methyl/N-ethyl adjacent to an activating group) is 1. The summed E-state index contributed by atoms with van der Waals surface area (Å²) >= 11 is 6.80. The van der Waals surface area contributed by atoms with Gasteiger partial charge in [0.05, 0.1) is 10.9 Å². The van der Waals surface area contributed by atoms with Crippen LogP contribution in [0.4, 0.5) is 5.69 Å². The third-order valence-electron chi connectivity index (χ3n) is 3.98. The fourth-order valence-corrected chi connectivity index (χ4v) is 5.56. The molecule has 1 aromatic carbocycles. The second-order valence-electron chi connectivity index (χ2n) is 5.60. The van der Waals surface area contributed by atoms with Gasteiger partial charge < -0.3 is 4.90 Å². The Balaban J connectivity index is 1.78. The van der Waals surface area contributed by atoms with Crippen LogP contribution >= 0.6 is 22.9 Å². The van der Waals surface area contributed by atoms with Gasteiger partial charge in [-0.1, -0.05) is 29.8 Å². The van der Waals surface area contributed by atoms with Crippen LogP contribution < -0.4 is 4.90 Å². The van der Waals surface area contributed by atoms with Crippen LogP contribution in [0, 0.1) is 0 Å². The molecule has 0 radical (unpaired) electrons. The van der Waals surface area contributed by atoms with Crippen molar-refractivity contribution in [1.29, 1.82) is 0 Å². The number of rotatable bonds is 4. The third kappa shape index (κ3) is 3.35. The van der Waals surface area contributed by atoms with E-state index in [1.165, 1.54) is 19.2 Å². The lowest BCUT2D eigenvalue weighted by molar-refractivity contribution is -0.118. The number of nitrogens with zero attached hydrogens (tertiary/aromatic N) is 2. The molecule has 1 aliphatic rings. The highest BCUT2D eigenvalue weighted by Gasteiger charge is 2.28. The van der Waals surface area contributed by atoms with Crippen molar-refractivity contribution in [2.45, 2.75) is 17.1 Å². The number of thiophene rings is 1. The van der Waals surface area contributed by atoms with Crippen molar-refractivity contribution in [3.05, 3.63) is 46.3 Å². The van der Waals surface area contributed by atoms with Crippen molar-refractivity contribution in [1.82, 2.24) is 4.31 Å². The zero-order valence-electron chi connectivity index (χ0n) is 13.1. The number of benzene rings is 1. The molecule has 0 atom stereocenters. The predicted octanol–water partition coefficient (Wildman–Crippen LogP) is 3.00. The lowest BCUT2D eigenvalue weighted by atomic mass is 10.0. The monoisotopic (exact) mass is 384 g/mol. The Bertz CT molecular complexity index is 864. The molecule has 0 saturated heterocycles. The fourth-order valence-electron chi connectivity index (χ4n) is 2.74. The molecule has 1 aliphatic heterocycles. The maximum absolute atomic E-state index is 12.7. The molecule has 24 heavy (non-hydrogen) atoms. The molecular formula is C16H17ClN2O3S2. The summed E-state index contributed by atoms with van der Waals surface area (Å²) in [6, 6.07) is 10.7.